The molecule has 30 heavy (non-hydrogen) atoms. The van der Waals surface area contributed by atoms with Crippen molar-refractivity contribution >= 4 is 45.8 Å². The average Bonchev–Trinajstić information content (AvgIpc) is 2.67. The summed E-state index contributed by atoms with van der Waals surface area (Å²) in [7, 11) is 0. The van der Waals surface area contributed by atoms with Crippen LogP contribution in [0.1, 0.15) is 19.4 Å². The van der Waals surface area contributed by atoms with E-state index in [1.165, 1.54) is 17.0 Å². The van der Waals surface area contributed by atoms with E-state index in [9.17, 15) is 14.4 Å². The van der Waals surface area contributed by atoms with Crippen molar-refractivity contribution < 1.29 is 18.7 Å². The lowest BCUT2D eigenvalue weighted by atomic mass is 9.96. The Kier molecular flexibility index (Phi) is 4.78. The van der Waals surface area contributed by atoms with Gasteiger partial charge in [0.15, 0.2) is 6.61 Å². The molecule has 2 amide bonds. The fourth-order valence-electron chi connectivity index (χ4n) is 3.53. The quantitative estimate of drug-likeness (QED) is 0.641. The maximum atomic E-state index is 13.1. The van der Waals surface area contributed by atoms with Crippen molar-refractivity contribution in [2.75, 3.05) is 16.8 Å². The van der Waals surface area contributed by atoms with E-state index in [2.05, 4.69) is 5.32 Å². The summed E-state index contributed by atoms with van der Waals surface area (Å²) in [6.45, 7) is 4.75. The summed E-state index contributed by atoms with van der Waals surface area (Å²) in [6, 6.07) is 11.6. The van der Waals surface area contributed by atoms with E-state index in [-0.39, 0.29) is 23.3 Å². The van der Waals surface area contributed by atoms with Crippen LogP contribution in [0, 0.1) is 6.92 Å². The second kappa shape index (κ2) is 7.18. The molecule has 0 fully saturated rings. The molecule has 154 valence electrons. The van der Waals surface area contributed by atoms with Gasteiger partial charge in [0, 0.05) is 17.5 Å². The molecule has 0 unspecified atom stereocenters. The molecule has 2 aromatic carbocycles. The predicted octanol–water partition coefficient (Wildman–Crippen LogP) is 3.90. The van der Waals surface area contributed by atoms with Crippen molar-refractivity contribution in [1.29, 1.82) is 0 Å². The number of anilines is 2. The molecule has 1 aliphatic rings. The van der Waals surface area contributed by atoms with Gasteiger partial charge in [-0.2, -0.15) is 0 Å². The molecule has 0 saturated heterocycles. The molecule has 0 atom stereocenters. The smallest absolute Gasteiger partial charge is 0.336 e. The highest BCUT2D eigenvalue weighted by atomic mass is 35.5. The van der Waals surface area contributed by atoms with E-state index < -0.39 is 17.1 Å². The number of carbonyl (C=O) groups is 2. The summed E-state index contributed by atoms with van der Waals surface area (Å²) in [6.07, 6.45) is 0. The van der Waals surface area contributed by atoms with Crippen LogP contribution in [0.2, 0.25) is 5.02 Å². The summed E-state index contributed by atoms with van der Waals surface area (Å²) in [4.78, 5) is 38.7. The number of halogens is 1. The predicted molar refractivity (Wildman–Crippen MR) is 114 cm³/mol. The summed E-state index contributed by atoms with van der Waals surface area (Å²) in [5.41, 5.74) is 0.588. The van der Waals surface area contributed by atoms with Crippen molar-refractivity contribution in [3.05, 3.63) is 63.5 Å². The number of carbonyl (C=O) groups excluding carboxylic acids is 2. The first-order valence-electron chi connectivity index (χ1n) is 9.29. The van der Waals surface area contributed by atoms with Crippen LogP contribution in [0.15, 0.2) is 51.7 Å². The Morgan fingerprint density at radius 1 is 1.20 bits per heavy atom. The highest BCUT2D eigenvalue weighted by molar-refractivity contribution is 6.32. The first-order chi connectivity index (χ1) is 14.2. The lowest BCUT2D eigenvalue weighted by Gasteiger charge is -2.41. The van der Waals surface area contributed by atoms with Gasteiger partial charge in [-0.05, 0) is 44.5 Å². The molecule has 0 aliphatic carbocycles. The van der Waals surface area contributed by atoms with Crippen LogP contribution in [-0.2, 0) is 9.59 Å². The zero-order chi connectivity index (χ0) is 21.6. The third-order valence-electron chi connectivity index (χ3n) is 5.11. The van der Waals surface area contributed by atoms with E-state index in [0.29, 0.717) is 22.3 Å². The maximum absolute atomic E-state index is 13.1. The van der Waals surface area contributed by atoms with E-state index >= 15 is 0 Å². The third kappa shape index (κ3) is 3.31. The van der Waals surface area contributed by atoms with Crippen LogP contribution in [0.4, 0.5) is 11.4 Å². The number of fused-ring (bicyclic) bond motifs is 2. The van der Waals surface area contributed by atoms with Crippen molar-refractivity contribution in [2.45, 2.75) is 26.3 Å². The molecular formula is C22H19ClN2O5. The number of hydrogen-bond acceptors (Lipinski definition) is 5. The van der Waals surface area contributed by atoms with E-state index in [1.807, 2.05) is 0 Å². The number of rotatable bonds is 3. The Morgan fingerprint density at radius 2 is 1.93 bits per heavy atom. The lowest BCUT2D eigenvalue weighted by Crippen LogP contribution is -2.59. The van der Waals surface area contributed by atoms with Crippen LogP contribution in [0.5, 0.6) is 5.75 Å². The van der Waals surface area contributed by atoms with Gasteiger partial charge in [0.2, 0.25) is 5.91 Å². The summed E-state index contributed by atoms with van der Waals surface area (Å²) < 4.78 is 10.9. The number of hydrogen-bond donors (Lipinski definition) is 1. The lowest BCUT2D eigenvalue weighted by molar-refractivity contribution is -0.127. The number of para-hydroxylation sites is 2. The molecule has 0 radical (unpaired) electrons. The minimum atomic E-state index is -1.11. The Balaban J connectivity index is 1.64. The fourth-order valence-corrected chi connectivity index (χ4v) is 3.75. The normalized spacial score (nSPS) is 14.9. The van der Waals surface area contributed by atoms with Gasteiger partial charge in [0.1, 0.15) is 16.9 Å². The standard InChI is InChI=1S/C22H19ClN2O5/c1-12-8-20(27)30-17-10-18(14(23)9-13(12)17)29-11-19(26)25-16-7-5-4-6-15(16)24-21(28)22(25,2)3/h4-10H,11H2,1-3H3,(H,24,28). The van der Waals surface area contributed by atoms with Gasteiger partial charge < -0.3 is 14.5 Å². The monoisotopic (exact) mass is 426 g/mol. The van der Waals surface area contributed by atoms with Crippen molar-refractivity contribution in [1.82, 2.24) is 0 Å². The molecular weight excluding hydrogens is 408 g/mol. The Bertz CT molecular complexity index is 1250. The Hall–Kier alpha value is -3.32. The molecule has 8 heteroatoms. The summed E-state index contributed by atoms with van der Waals surface area (Å²) in [5, 5.41) is 3.77. The molecule has 3 aromatic rings. The first-order valence-corrected chi connectivity index (χ1v) is 9.66. The highest BCUT2D eigenvalue weighted by Crippen LogP contribution is 2.37. The molecule has 1 aliphatic heterocycles. The zero-order valence-electron chi connectivity index (χ0n) is 16.6. The molecule has 4 rings (SSSR count). The minimum absolute atomic E-state index is 0.207. The highest BCUT2D eigenvalue weighted by Gasteiger charge is 2.43. The van der Waals surface area contributed by atoms with Crippen LogP contribution in [0.3, 0.4) is 0 Å². The van der Waals surface area contributed by atoms with Crippen molar-refractivity contribution in [3.63, 3.8) is 0 Å². The SMILES string of the molecule is Cc1cc(=O)oc2cc(OCC(=O)N3c4ccccc4NC(=O)C3(C)C)c(Cl)cc12. The molecule has 2 heterocycles. The van der Waals surface area contributed by atoms with Gasteiger partial charge >= 0.3 is 5.63 Å². The Labute approximate surface area is 177 Å². The second-order valence-corrected chi connectivity index (χ2v) is 7.98. The molecule has 1 aromatic heterocycles. The Morgan fingerprint density at radius 3 is 2.70 bits per heavy atom. The fraction of sp³-hybridized carbons (Fsp3) is 0.227. The number of nitrogens with zero attached hydrogens (tertiary/aromatic N) is 1. The van der Waals surface area contributed by atoms with Crippen LogP contribution in [-0.4, -0.2) is 24.0 Å². The molecule has 0 saturated carbocycles. The van der Waals surface area contributed by atoms with E-state index in [0.717, 1.165) is 5.56 Å². The van der Waals surface area contributed by atoms with Gasteiger partial charge in [-0.3, -0.25) is 14.5 Å². The molecule has 1 N–H and O–H groups in total. The maximum Gasteiger partial charge on any atom is 0.336 e. The van der Waals surface area contributed by atoms with Crippen LogP contribution >= 0.6 is 11.6 Å². The average molecular weight is 427 g/mol. The van der Waals surface area contributed by atoms with Crippen molar-refractivity contribution in [3.8, 4) is 5.75 Å². The van der Waals surface area contributed by atoms with E-state index in [1.54, 1.807) is 51.1 Å². The van der Waals surface area contributed by atoms with Gasteiger partial charge in [-0.15, -0.1) is 0 Å². The zero-order valence-corrected chi connectivity index (χ0v) is 17.4. The van der Waals surface area contributed by atoms with Crippen LogP contribution < -0.4 is 20.6 Å². The third-order valence-corrected chi connectivity index (χ3v) is 5.41. The van der Waals surface area contributed by atoms with Gasteiger partial charge in [0.25, 0.3) is 5.91 Å². The number of aryl methyl sites for hydroxylation is 1. The van der Waals surface area contributed by atoms with Gasteiger partial charge in [0.05, 0.1) is 16.4 Å². The number of nitrogens with one attached hydrogen (secondary N) is 1. The number of amides is 2. The molecule has 7 nitrogen and oxygen atoms in total. The molecule has 0 spiro atoms. The number of ether oxygens (including phenoxy) is 1. The summed E-state index contributed by atoms with van der Waals surface area (Å²) >= 11 is 6.31. The van der Waals surface area contributed by atoms with E-state index in [4.69, 9.17) is 20.8 Å². The van der Waals surface area contributed by atoms with Gasteiger partial charge in [-0.1, -0.05) is 23.7 Å². The first kappa shape index (κ1) is 20.0. The number of benzene rings is 2. The topological polar surface area (TPSA) is 88.8 Å². The summed E-state index contributed by atoms with van der Waals surface area (Å²) in [5.74, 6) is -0.501. The minimum Gasteiger partial charge on any atom is -0.482 e. The van der Waals surface area contributed by atoms with Crippen molar-refractivity contribution in [2.24, 2.45) is 0 Å². The largest absolute Gasteiger partial charge is 0.482 e. The molecule has 0 bridgehead atoms. The second-order valence-electron chi connectivity index (χ2n) is 7.58. The van der Waals surface area contributed by atoms with Crippen LogP contribution in [0.25, 0.3) is 11.0 Å². The van der Waals surface area contributed by atoms with Gasteiger partial charge in [-0.25, -0.2) is 4.79 Å².